The van der Waals surface area contributed by atoms with Crippen molar-refractivity contribution in [1.29, 1.82) is 0 Å². The minimum Gasteiger partial charge on any atom is -0.508 e. The van der Waals surface area contributed by atoms with Crippen LogP contribution in [0.1, 0.15) is 24.4 Å². The van der Waals surface area contributed by atoms with Crippen molar-refractivity contribution >= 4 is 6.03 Å². The Labute approximate surface area is 140 Å². The number of phenolic OH excluding ortho intramolecular Hbond substituents is 1. The van der Waals surface area contributed by atoms with Gasteiger partial charge in [0.25, 0.3) is 0 Å². The molecule has 0 bridgehead atoms. The summed E-state index contributed by atoms with van der Waals surface area (Å²) in [4.78, 5) is 17.8. The van der Waals surface area contributed by atoms with E-state index in [1.54, 1.807) is 23.9 Å². The van der Waals surface area contributed by atoms with Gasteiger partial charge in [0, 0.05) is 26.6 Å². The summed E-state index contributed by atoms with van der Waals surface area (Å²) in [5, 5.41) is 26.5. The van der Waals surface area contributed by atoms with Crippen molar-refractivity contribution in [3.05, 3.63) is 42.0 Å². The van der Waals surface area contributed by atoms with E-state index in [1.165, 1.54) is 23.4 Å². The molecule has 1 atom stereocenters. The molecule has 0 unspecified atom stereocenters. The van der Waals surface area contributed by atoms with Crippen LogP contribution in [0.5, 0.6) is 5.75 Å². The zero-order valence-electron chi connectivity index (χ0n) is 13.9. The molecule has 8 heteroatoms. The largest absolute Gasteiger partial charge is 0.508 e. The Morgan fingerprint density at radius 2 is 2.25 bits per heavy atom. The minimum absolute atomic E-state index is 0.0859. The third kappa shape index (κ3) is 4.69. The van der Waals surface area contributed by atoms with E-state index in [1.807, 2.05) is 6.92 Å². The van der Waals surface area contributed by atoms with Crippen LogP contribution >= 0.6 is 0 Å². The van der Waals surface area contributed by atoms with Crippen molar-refractivity contribution in [1.82, 2.24) is 25.0 Å². The summed E-state index contributed by atoms with van der Waals surface area (Å²) < 4.78 is 1.66. The Kier molecular flexibility index (Phi) is 6.14. The number of likely N-dealkylation sites (N-methyl/N-ethyl adjacent to an activating group) is 1. The van der Waals surface area contributed by atoms with Gasteiger partial charge in [0.15, 0.2) is 0 Å². The van der Waals surface area contributed by atoms with Crippen LogP contribution < -0.4 is 5.32 Å². The van der Waals surface area contributed by atoms with Gasteiger partial charge in [-0.05, 0) is 24.6 Å². The number of aliphatic hydroxyl groups is 1. The number of nitrogens with one attached hydrogen (secondary N) is 1. The molecule has 0 saturated heterocycles. The first-order chi connectivity index (χ1) is 11.5. The molecule has 0 spiro atoms. The first-order valence-electron chi connectivity index (χ1n) is 7.84. The number of aromatic hydroxyl groups is 1. The molecule has 8 nitrogen and oxygen atoms in total. The predicted octanol–water partition coefficient (Wildman–Crippen LogP) is 0.828. The van der Waals surface area contributed by atoms with Gasteiger partial charge < -0.3 is 20.4 Å². The molecule has 1 aromatic carbocycles. The number of hydrogen-bond acceptors (Lipinski definition) is 5. The second kappa shape index (κ2) is 8.30. The SMILES string of the molecule is CCN(C[C@H](O)c1cccc(O)c1)C(=O)NCCc1ncnn1C. The van der Waals surface area contributed by atoms with Crippen molar-refractivity contribution in [2.24, 2.45) is 7.05 Å². The number of urea groups is 1. The molecule has 0 aliphatic heterocycles. The molecule has 1 heterocycles. The number of aromatic nitrogens is 3. The molecular formula is C16H23N5O3. The zero-order chi connectivity index (χ0) is 17.5. The Balaban J connectivity index is 1.85. The smallest absolute Gasteiger partial charge is 0.317 e. The molecule has 0 fully saturated rings. The minimum atomic E-state index is -0.860. The highest BCUT2D eigenvalue weighted by Gasteiger charge is 2.17. The monoisotopic (exact) mass is 333 g/mol. The van der Waals surface area contributed by atoms with Crippen LogP contribution in [0.25, 0.3) is 0 Å². The molecular weight excluding hydrogens is 310 g/mol. The highest BCUT2D eigenvalue weighted by atomic mass is 16.3. The molecule has 0 radical (unpaired) electrons. The maximum Gasteiger partial charge on any atom is 0.317 e. The standard InChI is InChI=1S/C16H23N5O3/c1-3-21(10-14(23)12-5-4-6-13(22)9-12)16(24)17-8-7-15-18-11-19-20(15)2/h4-6,9,11,14,22-23H,3,7-8,10H2,1-2H3,(H,17,24)/t14-/m0/s1. The summed E-state index contributed by atoms with van der Waals surface area (Å²) in [5.41, 5.74) is 0.570. The van der Waals surface area contributed by atoms with Crippen LogP contribution in [0.15, 0.2) is 30.6 Å². The summed E-state index contributed by atoms with van der Waals surface area (Å²) in [6.07, 6.45) is 1.19. The first kappa shape index (κ1) is 17.7. The molecule has 3 N–H and O–H groups in total. The number of aryl methyl sites for hydroxylation is 1. The van der Waals surface area contributed by atoms with Gasteiger partial charge in [0.05, 0.1) is 12.6 Å². The van der Waals surface area contributed by atoms with Gasteiger partial charge in [0.2, 0.25) is 0 Å². The van der Waals surface area contributed by atoms with Crippen molar-refractivity contribution in [2.75, 3.05) is 19.6 Å². The summed E-state index contributed by atoms with van der Waals surface area (Å²) >= 11 is 0. The first-order valence-corrected chi connectivity index (χ1v) is 7.84. The van der Waals surface area contributed by atoms with Crippen molar-refractivity contribution < 1.29 is 15.0 Å². The number of benzene rings is 1. The molecule has 0 aliphatic rings. The van der Waals surface area contributed by atoms with Gasteiger partial charge in [-0.2, -0.15) is 5.10 Å². The number of hydrogen-bond donors (Lipinski definition) is 3. The highest BCUT2D eigenvalue weighted by Crippen LogP contribution is 2.19. The molecule has 0 aliphatic carbocycles. The number of phenols is 1. The summed E-state index contributed by atoms with van der Waals surface area (Å²) in [6.45, 7) is 2.89. The lowest BCUT2D eigenvalue weighted by Gasteiger charge is -2.24. The number of nitrogens with zero attached hydrogens (tertiary/aromatic N) is 4. The van der Waals surface area contributed by atoms with Crippen LogP contribution in [-0.2, 0) is 13.5 Å². The van der Waals surface area contributed by atoms with E-state index in [-0.39, 0.29) is 18.3 Å². The average molecular weight is 333 g/mol. The number of rotatable bonds is 7. The van der Waals surface area contributed by atoms with E-state index in [2.05, 4.69) is 15.4 Å². The molecule has 130 valence electrons. The Bertz CT molecular complexity index is 673. The lowest BCUT2D eigenvalue weighted by Crippen LogP contribution is -2.42. The maximum atomic E-state index is 12.2. The van der Waals surface area contributed by atoms with Crippen LogP contribution in [0.3, 0.4) is 0 Å². The van der Waals surface area contributed by atoms with Gasteiger partial charge in [-0.25, -0.2) is 9.78 Å². The number of carbonyl (C=O) groups excluding carboxylic acids is 1. The van der Waals surface area contributed by atoms with E-state index in [9.17, 15) is 15.0 Å². The Morgan fingerprint density at radius 3 is 2.88 bits per heavy atom. The molecule has 0 saturated carbocycles. The van der Waals surface area contributed by atoms with Crippen LogP contribution in [-0.4, -0.2) is 55.5 Å². The van der Waals surface area contributed by atoms with Gasteiger partial charge >= 0.3 is 6.03 Å². The predicted molar refractivity (Wildman–Crippen MR) is 88.4 cm³/mol. The fourth-order valence-corrected chi connectivity index (χ4v) is 2.34. The van der Waals surface area contributed by atoms with Gasteiger partial charge in [-0.15, -0.1) is 0 Å². The number of aliphatic hydroxyl groups excluding tert-OH is 1. The van der Waals surface area contributed by atoms with Crippen molar-refractivity contribution in [3.63, 3.8) is 0 Å². The van der Waals surface area contributed by atoms with Gasteiger partial charge in [-0.3, -0.25) is 4.68 Å². The van der Waals surface area contributed by atoms with Gasteiger partial charge in [0.1, 0.15) is 17.9 Å². The van der Waals surface area contributed by atoms with Gasteiger partial charge in [-0.1, -0.05) is 12.1 Å². The lowest BCUT2D eigenvalue weighted by molar-refractivity contribution is 0.123. The second-order valence-electron chi connectivity index (χ2n) is 5.43. The van der Waals surface area contributed by atoms with E-state index >= 15 is 0 Å². The summed E-state index contributed by atoms with van der Waals surface area (Å²) in [6, 6.07) is 6.14. The molecule has 2 rings (SSSR count). The van der Waals surface area contributed by atoms with Crippen molar-refractivity contribution in [2.45, 2.75) is 19.4 Å². The number of carbonyl (C=O) groups is 1. The van der Waals surface area contributed by atoms with Crippen LogP contribution in [0, 0.1) is 0 Å². The summed E-state index contributed by atoms with van der Waals surface area (Å²) in [5.74, 6) is 0.876. The molecule has 24 heavy (non-hydrogen) atoms. The third-order valence-electron chi connectivity index (χ3n) is 3.75. The van der Waals surface area contributed by atoms with Crippen LogP contribution in [0.4, 0.5) is 4.79 Å². The Hall–Kier alpha value is -2.61. The van der Waals surface area contributed by atoms with E-state index in [0.29, 0.717) is 25.1 Å². The quantitative estimate of drug-likeness (QED) is 0.696. The molecule has 1 aromatic heterocycles. The Morgan fingerprint density at radius 1 is 1.46 bits per heavy atom. The van der Waals surface area contributed by atoms with Crippen molar-refractivity contribution in [3.8, 4) is 5.75 Å². The van der Waals surface area contributed by atoms with E-state index < -0.39 is 6.10 Å². The fraction of sp³-hybridized carbons (Fsp3) is 0.438. The summed E-state index contributed by atoms with van der Waals surface area (Å²) in [7, 11) is 1.80. The normalized spacial score (nSPS) is 12.0. The average Bonchev–Trinajstić information content (AvgIpc) is 2.97. The van der Waals surface area contributed by atoms with Crippen LogP contribution in [0.2, 0.25) is 0 Å². The molecule has 2 amide bonds. The molecule has 2 aromatic rings. The lowest BCUT2D eigenvalue weighted by atomic mass is 10.1. The third-order valence-corrected chi connectivity index (χ3v) is 3.75. The fourth-order valence-electron chi connectivity index (χ4n) is 2.34. The second-order valence-corrected chi connectivity index (χ2v) is 5.43. The van der Waals surface area contributed by atoms with E-state index in [4.69, 9.17) is 0 Å². The maximum absolute atomic E-state index is 12.2. The van der Waals surface area contributed by atoms with E-state index in [0.717, 1.165) is 5.82 Å². The topological polar surface area (TPSA) is 104 Å². The zero-order valence-corrected chi connectivity index (χ0v) is 13.9. The highest BCUT2D eigenvalue weighted by molar-refractivity contribution is 5.74. The number of amides is 2.